The van der Waals surface area contributed by atoms with Crippen LogP contribution in [0.2, 0.25) is 0 Å². The average molecular weight is 377 g/mol. The Morgan fingerprint density at radius 3 is 2.52 bits per heavy atom. The van der Waals surface area contributed by atoms with Crippen molar-refractivity contribution in [3.63, 3.8) is 0 Å². The first-order chi connectivity index (χ1) is 12.6. The summed E-state index contributed by atoms with van der Waals surface area (Å²) in [4.78, 5) is 27.0. The van der Waals surface area contributed by atoms with E-state index < -0.39 is 17.8 Å². The van der Waals surface area contributed by atoms with Crippen LogP contribution in [0.25, 0.3) is 0 Å². The maximum Gasteiger partial charge on any atom is 0.429 e. The second kappa shape index (κ2) is 9.08. The van der Waals surface area contributed by atoms with Gasteiger partial charge in [0, 0.05) is 19.6 Å². The van der Waals surface area contributed by atoms with E-state index in [4.69, 9.17) is 9.47 Å². The van der Waals surface area contributed by atoms with E-state index in [9.17, 15) is 9.59 Å². The van der Waals surface area contributed by atoms with Crippen molar-refractivity contribution >= 4 is 12.2 Å². The molecule has 0 saturated carbocycles. The molecule has 2 rings (SSSR count). The summed E-state index contributed by atoms with van der Waals surface area (Å²) >= 11 is 0. The Hall–Kier alpha value is -2.28. The number of amides is 2. The lowest BCUT2D eigenvalue weighted by molar-refractivity contribution is -0.000670. The van der Waals surface area contributed by atoms with Crippen LogP contribution in [0, 0.1) is 0 Å². The summed E-state index contributed by atoms with van der Waals surface area (Å²) in [5, 5.41) is 1.28. The molecule has 0 aliphatic carbocycles. The van der Waals surface area contributed by atoms with E-state index in [2.05, 4.69) is 22.5 Å². The molecule has 0 aromatic heterocycles. The molecule has 0 bridgehead atoms. The summed E-state index contributed by atoms with van der Waals surface area (Å²) < 4.78 is 10.6. The van der Waals surface area contributed by atoms with Gasteiger partial charge in [-0.1, -0.05) is 30.3 Å². The first-order valence-corrected chi connectivity index (χ1v) is 9.40. The predicted octanol–water partition coefficient (Wildman–Crippen LogP) is 3.55. The predicted molar refractivity (Wildman–Crippen MR) is 103 cm³/mol. The van der Waals surface area contributed by atoms with Gasteiger partial charge in [0.1, 0.15) is 5.60 Å². The van der Waals surface area contributed by atoms with E-state index in [0.717, 1.165) is 19.5 Å². The Kier molecular flexibility index (Phi) is 7.07. The molecule has 1 fully saturated rings. The van der Waals surface area contributed by atoms with Gasteiger partial charge in [-0.25, -0.2) is 20.0 Å². The Balaban J connectivity index is 2.03. The Labute approximate surface area is 161 Å². The quantitative estimate of drug-likeness (QED) is 0.813. The summed E-state index contributed by atoms with van der Waals surface area (Å²) in [5.74, 6) is 0. The lowest BCUT2D eigenvalue weighted by atomic mass is 10.2. The fourth-order valence-electron chi connectivity index (χ4n) is 2.94. The average Bonchev–Trinajstić information content (AvgIpc) is 2.99. The minimum atomic E-state index is -0.655. The number of carbonyl (C=O) groups excluding carboxylic acids is 2. The number of carbonyl (C=O) groups is 2. The third kappa shape index (κ3) is 7.09. The zero-order chi connectivity index (χ0) is 20.0. The zero-order valence-corrected chi connectivity index (χ0v) is 16.9. The van der Waals surface area contributed by atoms with E-state index in [0.29, 0.717) is 6.54 Å². The normalized spacial score (nSPS) is 17.6. The smallest absolute Gasteiger partial charge is 0.429 e. The highest BCUT2D eigenvalue weighted by Crippen LogP contribution is 2.19. The molecule has 1 saturated heterocycles. The molecule has 1 unspecified atom stereocenters. The van der Waals surface area contributed by atoms with Gasteiger partial charge in [0.25, 0.3) is 0 Å². The second-order valence-corrected chi connectivity index (χ2v) is 8.08. The van der Waals surface area contributed by atoms with E-state index in [1.165, 1.54) is 10.6 Å². The first kappa shape index (κ1) is 21.0. The van der Waals surface area contributed by atoms with Crippen molar-refractivity contribution in [1.82, 2.24) is 15.3 Å². The number of hydrogen-bond donors (Lipinski definition) is 1. The standard InChI is InChI=1S/C20H31N3O4/c1-15(2)26-18(24)21-23(19(25)27-20(3,4)5)17-11-12-22(14-17)13-16-9-7-6-8-10-16/h6-10,15,17H,11-14H2,1-5H3,(H,21,24). The molecule has 1 heterocycles. The maximum atomic E-state index is 12.6. The van der Waals surface area contributed by atoms with Crippen LogP contribution < -0.4 is 5.43 Å². The van der Waals surface area contributed by atoms with Gasteiger partial charge in [-0.3, -0.25) is 4.90 Å². The van der Waals surface area contributed by atoms with Gasteiger partial charge in [-0.05, 0) is 46.6 Å². The summed E-state index contributed by atoms with van der Waals surface area (Å²) in [6.07, 6.45) is -0.760. The lowest BCUT2D eigenvalue weighted by Gasteiger charge is -2.31. The number of likely N-dealkylation sites (tertiary alicyclic amines) is 1. The third-order valence-corrected chi connectivity index (χ3v) is 4.01. The van der Waals surface area contributed by atoms with Crippen LogP contribution >= 0.6 is 0 Å². The number of nitrogens with one attached hydrogen (secondary N) is 1. The second-order valence-electron chi connectivity index (χ2n) is 8.08. The van der Waals surface area contributed by atoms with Crippen LogP contribution in [0.5, 0.6) is 0 Å². The van der Waals surface area contributed by atoms with Crippen LogP contribution in [0.1, 0.15) is 46.6 Å². The van der Waals surface area contributed by atoms with E-state index in [1.54, 1.807) is 34.6 Å². The molecular formula is C20H31N3O4. The monoisotopic (exact) mass is 377 g/mol. The number of ether oxygens (including phenoxy) is 2. The summed E-state index contributed by atoms with van der Waals surface area (Å²) in [5.41, 5.74) is 3.13. The van der Waals surface area contributed by atoms with Crippen LogP contribution in [0.4, 0.5) is 9.59 Å². The van der Waals surface area contributed by atoms with E-state index in [-0.39, 0.29) is 12.1 Å². The highest BCUT2D eigenvalue weighted by atomic mass is 16.6. The summed E-state index contributed by atoms with van der Waals surface area (Å²) in [6.45, 7) is 11.2. The van der Waals surface area contributed by atoms with Crippen LogP contribution in [0.15, 0.2) is 30.3 Å². The molecule has 1 aliphatic rings. The molecule has 150 valence electrons. The Morgan fingerprint density at radius 2 is 1.93 bits per heavy atom. The van der Waals surface area contributed by atoms with Crippen LogP contribution in [-0.4, -0.2) is 52.9 Å². The van der Waals surface area contributed by atoms with Gasteiger partial charge in [0.2, 0.25) is 0 Å². The van der Waals surface area contributed by atoms with Crippen molar-refractivity contribution in [3.8, 4) is 0 Å². The molecule has 1 atom stereocenters. The molecule has 1 aliphatic heterocycles. The molecule has 1 aromatic rings. The Morgan fingerprint density at radius 1 is 1.26 bits per heavy atom. The molecule has 1 N–H and O–H groups in total. The number of hydrazine groups is 1. The molecule has 27 heavy (non-hydrogen) atoms. The summed E-state index contributed by atoms with van der Waals surface area (Å²) in [7, 11) is 0. The number of rotatable bonds is 4. The highest BCUT2D eigenvalue weighted by Gasteiger charge is 2.35. The molecule has 2 amide bonds. The molecule has 7 heteroatoms. The van der Waals surface area contributed by atoms with Gasteiger partial charge in [0.15, 0.2) is 0 Å². The van der Waals surface area contributed by atoms with Gasteiger partial charge < -0.3 is 9.47 Å². The van der Waals surface area contributed by atoms with E-state index >= 15 is 0 Å². The van der Waals surface area contributed by atoms with Crippen molar-refractivity contribution in [2.45, 2.75) is 65.3 Å². The van der Waals surface area contributed by atoms with Gasteiger partial charge >= 0.3 is 12.2 Å². The molecule has 0 radical (unpaired) electrons. The molecule has 0 spiro atoms. The van der Waals surface area contributed by atoms with Gasteiger partial charge in [-0.15, -0.1) is 0 Å². The van der Waals surface area contributed by atoms with Gasteiger partial charge in [-0.2, -0.15) is 0 Å². The first-order valence-electron chi connectivity index (χ1n) is 9.40. The summed E-state index contributed by atoms with van der Waals surface area (Å²) in [6, 6.07) is 10.0. The van der Waals surface area contributed by atoms with Crippen molar-refractivity contribution in [2.24, 2.45) is 0 Å². The Bertz CT molecular complexity index is 628. The lowest BCUT2D eigenvalue weighted by Crippen LogP contribution is -2.54. The van der Waals surface area contributed by atoms with Gasteiger partial charge in [0.05, 0.1) is 12.1 Å². The SMILES string of the molecule is CC(C)OC(=O)NN(C(=O)OC(C)(C)C)C1CCN(Cc2ccccc2)C1. The molecule has 7 nitrogen and oxygen atoms in total. The maximum absolute atomic E-state index is 12.6. The molecular weight excluding hydrogens is 346 g/mol. The number of benzene rings is 1. The highest BCUT2D eigenvalue weighted by molar-refractivity contribution is 5.74. The van der Waals surface area contributed by atoms with Crippen molar-refractivity contribution in [3.05, 3.63) is 35.9 Å². The van der Waals surface area contributed by atoms with Crippen LogP contribution in [0.3, 0.4) is 0 Å². The minimum Gasteiger partial charge on any atom is -0.446 e. The van der Waals surface area contributed by atoms with Crippen LogP contribution in [-0.2, 0) is 16.0 Å². The third-order valence-electron chi connectivity index (χ3n) is 4.01. The zero-order valence-electron chi connectivity index (χ0n) is 16.9. The van der Waals surface area contributed by atoms with E-state index in [1.807, 2.05) is 18.2 Å². The number of hydrogen-bond acceptors (Lipinski definition) is 5. The fraction of sp³-hybridized carbons (Fsp3) is 0.600. The van der Waals surface area contributed by atoms with Crippen molar-refractivity contribution in [1.29, 1.82) is 0 Å². The van der Waals surface area contributed by atoms with Crippen molar-refractivity contribution < 1.29 is 19.1 Å². The minimum absolute atomic E-state index is 0.178. The molecule has 1 aromatic carbocycles. The number of nitrogens with zero attached hydrogens (tertiary/aromatic N) is 2. The fourth-order valence-corrected chi connectivity index (χ4v) is 2.94. The topological polar surface area (TPSA) is 71.1 Å². The van der Waals surface area contributed by atoms with Crippen molar-refractivity contribution in [2.75, 3.05) is 13.1 Å². The largest absolute Gasteiger partial charge is 0.446 e.